The summed E-state index contributed by atoms with van der Waals surface area (Å²) < 4.78 is 0.794. The van der Waals surface area contributed by atoms with Gasteiger partial charge in [-0.25, -0.2) is 4.79 Å². The van der Waals surface area contributed by atoms with Crippen molar-refractivity contribution in [2.45, 2.75) is 26.7 Å². The number of hydrogen-bond acceptors (Lipinski definition) is 5. The van der Waals surface area contributed by atoms with Crippen LogP contribution in [-0.2, 0) is 4.79 Å². The molecule has 0 aliphatic carbocycles. The van der Waals surface area contributed by atoms with Crippen molar-refractivity contribution in [1.82, 2.24) is 9.88 Å². The molecular formula is C17H23N3O3S. The highest BCUT2D eigenvalue weighted by molar-refractivity contribution is 7.17. The van der Waals surface area contributed by atoms with E-state index in [1.807, 2.05) is 30.2 Å². The fourth-order valence-corrected chi connectivity index (χ4v) is 3.67. The molecule has 0 atom stereocenters. The number of anilines is 1. The number of nitrogens with zero attached hydrogens (tertiary/aromatic N) is 3. The van der Waals surface area contributed by atoms with Gasteiger partial charge in [-0.2, -0.15) is 0 Å². The van der Waals surface area contributed by atoms with Crippen molar-refractivity contribution < 1.29 is 14.7 Å². The Morgan fingerprint density at radius 3 is 2.50 bits per heavy atom. The average Bonchev–Trinajstić information content (AvgIpc) is 3.01. The molecule has 1 N–H and O–H groups in total. The number of thiophene rings is 1. The van der Waals surface area contributed by atoms with E-state index in [1.165, 1.54) is 17.5 Å². The fraction of sp³-hybridized carbons (Fsp3) is 0.471. The van der Waals surface area contributed by atoms with E-state index in [0.717, 1.165) is 36.1 Å². The topological polar surface area (TPSA) is 73.7 Å². The molecule has 0 bridgehead atoms. The summed E-state index contributed by atoms with van der Waals surface area (Å²) in [4.78, 5) is 31.9. The number of aromatic nitrogens is 1. The molecule has 7 heteroatoms. The molecule has 0 saturated carbocycles. The first-order valence-corrected chi connectivity index (χ1v) is 8.95. The number of fused-ring (bicyclic) bond motifs is 1. The van der Waals surface area contributed by atoms with Gasteiger partial charge in [0.1, 0.15) is 5.56 Å². The van der Waals surface area contributed by atoms with Crippen LogP contribution in [0.15, 0.2) is 17.6 Å². The molecule has 0 aliphatic rings. The minimum Gasteiger partial charge on any atom is -0.478 e. The maximum atomic E-state index is 12.6. The van der Waals surface area contributed by atoms with Gasteiger partial charge in [-0.3, -0.25) is 9.78 Å². The third kappa shape index (κ3) is 3.84. The van der Waals surface area contributed by atoms with Crippen molar-refractivity contribution in [1.29, 1.82) is 0 Å². The van der Waals surface area contributed by atoms with Gasteiger partial charge >= 0.3 is 5.97 Å². The zero-order valence-electron chi connectivity index (χ0n) is 14.3. The van der Waals surface area contributed by atoms with Gasteiger partial charge in [-0.15, -0.1) is 11.3 Å². The lowest BCUT2D eigenvalue weighted by Crippen LogP contribution is -2.40. The number of amides is 1. The fourth-order valence-electron chi connectivity index (χ4n) is 2.72. The first-order chi connectivity index (χ1) is 11.5. The van der Waals surface area contributed by atoms with Crippen molar-refractivity contribution in [3.8, 4) is 0 Å². The summed E-state index contributed by atoms with van der Waals surface area (Å²) in [5.74, 6) is -1.02. The summed E-state index contributed by atoms with van der Waals surface area (Å²) >= 11 is 1.44. The first-order valence-electron chi connectivity index (χ1n) is 8.08. The lowest BCUT2D eigenvalue weighted by molar-refractivity contribution is -0.129. The zero-order chi connectivity index (χ0) is 17.7. The molecule has 2 aromatic rings. The van der Waals surface area contributed by atoms with Gasteiger partial charge in [0.05, 0.1) is 22.4 Å². The number of carbonyl (C=O) groups is 2. The van der Waals surface area contributed by atoms with Crippen molar-refractivity contribution in [3.63, 3.8) is 0 Å². The highest BCUT2D eigenvalue weighted by atomic mass is 32.1. The summed E-state index contributed by atoms with van der Waals surface area (Å²) in [5, 5.41) is 11.3. The smallest absolute Gasteiger partial charge is 0.339 e. The third-order valence-corrected chi connectivity index (χ3v) is 4.68. The maximum absolute atomic E-state index is 12.6. The van der Waals surface area contributed by atoms with Crippen molar-refractivity contribution in [3.05, 3.63) is 23.2 Å². The van der Waals surface area contributed by atoms with Gasteiger partial charge in [0.25, 0.3) is 0 Å². The molecule has 0 saturated heterocycles. The lowest BCUT2D eigenvalue weighted by Gasteiger charge is -2.26. The van der Waals surface area contributed by atoms with Crippen LogP contribution >= 0.6 is 11.3 Å². The van der Waals surface area contributed by atoms with E-state index in [4.69, 9.17) is 0 Å². The van der Waals surface area contributed by atoms with Crippen LogP contribution in [0.2, 0.25) is 0 Å². The molecule has 2 rings (SSSR count). The molecule has 0 aliphatic heterocycles. The molecule has 0 unspecified atom stereocenters. The predicted molar refractivity (Wildman–Crippen MR) is 97.0 cm³/mol. The monoisotopic (exact) mass is 349 g/mol. The minimum atomic E-state index is -1.04. The van der Waals surface area contributed by atoms with Gasteiger partial charge in [0, 0.05) is 26.3 Å². The Bertz CT molecular complexity index is 723. The molecule has 6 nitrogen and oxygen atoms in total. The lowest BCUT2D eigenvalue weighted by atomic mass is 10.2. The summed E-state index contributed by atoms with van der Waals surface area (Å²) in [7, 11) is 1.76. The summed E-state index contributed by atoms with van der Waals surface area (Å²) in [5.41, 5.74) is 1.43. The molecular weight excluding hydrogens is 326 g/mol. The van der Waals surface area contributed by atoms with E-state index >= 15 is 0 Å². The molecule has 1 amide bonds. The van der Waals surface area contributed by atoms with E-state index < -0.39 is 5.97 Å². The van der Waals surface area contributed by atoms with E-state index in [9.17, 15) is 14.7 Å². The van der Waals surface area contributed by atoms with Gasteiger partial charge in [-0.1, -0.05) is 13.8 Å². The Balaban J connectivity index is 2.31. The quantitative estimate of drug-likeness (QED) is 0.793. The van der Waals surface area contributed by atoms with Gasteiger partial charge in [0.15, 0.2) is 0 Å². The molecule has 24 heavy (non-hydrogen) atoms. The van der Waals surface area contributed by atoms with Crippen LogP contribution in [0.3, 0.4) is 0 Å². The summed E-state index contributed by atoms with van der Waals surface area (Å²) in [6.07, 6.45) is 3.17. The maximum Gasteiger partial charge on any atom is 0.339 e. The number of likely N-dealkylation sites (N-methyl/N-ethyl adjacent to an activating group) is 1. The van der Waals surface area contributed by atoms with E-state index in [2.05, 4.69) is 4.98 Å². The number of carboxylic acids is 1. The SMILES string of the molecule is CCCN(CCC)C(=O)CN(C)c1c(C(=O)O)cnc2ccsc12. The third-order valence-electron chi connectivity index (χ3n) is 3.77. The van der Waals surface area contributed by atoms with Crippen molar-refractivity contribution in [2.24, 2.45) is 0 Å². The zero-order valence-corrected chi connectivity index (χ0v) is 15.1. The van der Waals surface area contributed by atoms with Gasteiger partial charge in [0.2, 0.25) is 5.91 Å². The highest BCUT2D eigenvalue weighted by Gasteiger charge is 2.22. The number of aromatic carboxylic acids is 1. The standard InChI is InChI=1S/C17H23N3O3S/c1-4-7-20(8-5-2)14(21)11-19(3)15-12(17(22)23)10-18-13-6-9-24-16(13)15/h6,9-10H,4-5,7-8,11H2,1-3H3,(H,22,23). The van der Waals surface area contributed by atoms with Gasteiger partial charge < -0.3 is 14.9 Å². The Morgan fingerprint density at radius 2 is 1.92 bits per heavy atom. The second-order valence-electron chi connectivity index (χ2n) is 5.70. The van der Waals surface area contributed by atoms with Crippen LogP contribution in [0.5, 0.6) is 0 Å². The Kier molecular flexibility index (Phi) is 6.14. The normalized spacial score (nSPS) is 10.8. The summed E-state index contributed by atoms with van der Waals surface area (Å²) in [6, 6.07) is 1.85. The van der Waals surface area contributed by atoms with Crippen LogP contribution in [0, 0.1) is 0 Å². The van der Waals surface area contributed by atoms with Gasteiger partial charge in [-0.05, 0) is 24.3 Å². The average molecular weight is 349 g/mol. The van der Waals surface area contributed by atoms with Crippen LogP contribution < -0.4 is 4.90 Å². The van der Waals surface area contributed by atoms with Crippen molar-refractivity contribution in [2.75, 3.05) is 31.6 Å². The Labute approximate surface area is 145 Å². The number of hydrogen-bond donors (Lipinski definition) is 1. The number of carbonyl (C=O) groups excluding carboxylic acids is 1. The molecule has 130 valence electrons. The Hall–Kier alpha value is -2.15. The number of rotatable bonds is 8. The van der Waals surface area contributed by atoms with Crippen LogP contribution in [0.4, 0.5) is 5.69 Å². The highest BCUT2D eigenvalue weighted by Crippen LogP contribution is 2.33. The van der Waals surface area contributed by atoms with Crippen LogP contribution in [-0.4, -0.2) is 53.5 Å². The Morgan fingerprint density at radius 1 is 1.25 bits per heavy atom. The molecule has 0 spiro atoms. The number of pyridine rings is 1. The van der Waals surface area contributed by atoms with E-state index in [1.54, 1.807) is 11.9 Å². The van der Waals surface area contributed by atoms with E-state index in [-0.39, 0.29) is 18.0 Å². The van der Waals surface area contributed by atoms with Crippen LogP contribution in [0.1, 0.15) is 37.0 Å². The minimum absolute atomic E-state index is 0.0130. The molecule has 0 radical (unpaired) electrons. The van der Waals surface area contributed by atoms with E-state index in [0.29, 0.717) is 5.69 Å². The predicted octanol–water partition coefficient (Wildman–Crippen LogP) is 3.08. The molecule has 0 aromatic carbocycles. The second-order valence-corrected chi connectivity index (χ2v) is 6.61. The molecule has 0 fully saturated rings. The largest absolute Gasteiger partial charge is 0.478 e. The first kappa shape index (κ1) is 18.2. The van der Waals surface area contributed by atoms with Crippen LogP contribution in [0.25, 0.3) is 10.2 Å². The molecule has 2 heterocycles. The number of carboxylic acid groups (broad SMARTS) is 1. The molecule has 2 aromatic heterocycles. The second kappa shape index (κ2) is 8.10. The van der Waals surface area contributed by atoms with Crippen molar-refractivity contribution >= 4 is 39.1 Å². The summed E-state index contributed by atoms with van der Waals surface area (Å²) in [6.45, 7) is 5.67.